The molecule has 0 aromatic heterocycles. The molecule has 122 valence electrons. The number of carbonyl (C=O) groups excluding carboxylic acids is 2. The average Bonchev–Trinajstić information content (AvgIpc) is 3.43. The number of benzene rings is 1. The lowest BCUT2D eigenvalue weighted by Crippen LogP contribution is -2.47. The van der Waals surface area contributed by atoms with Gasteiger partial charge in [0.25, 0.3) is 5.91 Å². The Labute approximate surface area is 132 Å². The fourth-order valence-electron chi connectivity index (χ4n) is 3.54. The maximum Gasteiger partial charge on any atom is 0.325 e. The Bertz CT molecular complexity index is 716. The third kappa shape index (κ3) is 2.07. The van der Waals surface area contributed by atoms with E-state index >= 15 is 0 Å². The van der Waals surface area contributed by atoms with Crippen LogP contribution in [0.1, 0.15) is 40.7 Å². The molecule has 1 aliphatic heterocycles. The van der Waals surface area contributed by atoms with Gasteiger partial charge >= 0.3 is 5.97 Å². The summed E-state index contributed by atoms with van der Waals surface area (Å²) in [6.45, 7) is -0.0596. The molecule has 2 atom stereocenters. The van der Waals surface area contributed by atoms with Crippen LogP contribution in [0.2, 0.25) is 0 Å². The minimum atomic E-state index is -1.32. The molecule has 3 aliphatic rings. The number of halogens is 2. The Hall–Kier alpha value is -1.98. The molecule has 2 aliphatic carbocycles. The highest BCUT2D eigenvalue weighted by molar-refractivity contribution is 5.99. The monoisotopic (exact) mass is 321 g/mol. The summed E-state index contributed by atoms with van der Waals surface area (Å²) in [5, 5.41) is 0. The quantitative estimate of drug-likeness (QED) is 0.802. The molecule has 23 heavy (non-hydrogen) atoms. The average molecular weight is 321 g/mol. The van der Waals surface area contributed by atoms with Crippen molar-refractivity contribution in [1.82, 2.24) is 4.90 Å². The zero-order valence-electron chi connectivity index (χ0n) is 12.8. The first-order valence-electron chi connectivity index (χ1n) is 7.74. The summed E-state index contributed by atoms with van der Waals surface area (Å²) in [7, 11) is 1.25. The molecule has 1 heterocycles. The zero-order valence-corrected chi connectivity index (χ0v) is 12.8. The molecule has 0 N–H and O–H groups in total. The Morgan fingerprint density at radius 3 is 2.70 bits per heavy atom. The molecule has 4 rings (SSSR count). The highest BCUT2D eigenvalue weighted by Gasteiger charge is 2.61. The van der Waals surface area contributed by atoms with Gasteiger partial charge in [0.1, 0.15) is 18.4 Å². The number of rotatable bonds is 3. The van der Waals surface area contributed by atoms with Crippen molar-refractivity contribution in [3.63, 3.8) is 0 Å². The SMILES string of the molecule is COC(=O)CN1CC2(CC2F)c2cc(C3(F)CC3)ccc2C1=O. The van der Waals surface area contributed by atoms with Gasteiger partial charge in [-0.15, -0.1) is 0 Å². The minimum absolute atomic E-state index is 0.137. The van der Waals surface area contributed by atoms with Crippen molar-refractivity contribution < 1.29 is 23.1 Å². The second kappa shape index (κ2) is 4.52. The summed E-state index contributed by atoms with van der Waals surface area (Å²) >= 11 is 0. The molecule has 1 aromatic carbocycles. The molecule has 1 aromatic rings. The number of nitrogens with zero attached hydrogens (tertiary/aromatic N) is 1. The first kappa shape index (κ1) is 14.6. The number of amides is 1. The molecule has 1 spiro atoms. The van der Waals surface area contributed by atoms with Crippen LogP contribution in [0.3, 0.4) is 0 Å². The molecule has 2 unspecified atom stereocenters. The van der Waals surface area contributed by atoms with Gasteiger partial charge in [-0.25, -0.2) is 8.78 Å². The summed E-state index contributed by atoms with van der Waals surface area (Å²) in [5.41, 5.74) is -0.614. The molecule has 0 saturated heterocycles. The van der Waals surface area contributed by atoms with Crippen molar-refractivity contribution >= 4 is 11.9 Å². The van der Waals surface area contributed by atoms with E-state index in [9.17, 15) is 18.4 Å². The Balaban J connectivity index is 1.74. The largest absolute Gasteiger partial charge is 0.468 e. The van der Waals surface area contributed by atoms with Gasteiger partial charge in [0, 0.05) is 17.5 Å². The van der Waals surface area contributed by atoms with E-state index in [1.165, 1.54) is 12.0 Å². The van der Waals surface area contributed by atoms with Crippen LogP contribution in [0.4, 0.5) is 8.78 Å². The Kier molecular flexibility index (Phi) is 2.87. The molecular weight excluding hydrogens is 304 g/mol. The summed E-state index contributed by atoms with van der Waals surface area (Å²) in [4.78, 5) is 25.4. The number of esters is 1. The van der Waals surface area contributed by atoms with Crippen molar-refractivity contribution in [3.05, 3.63) is 34.9 Å². The predicted molar refractivity (Wildman–Crippen MR) is 77.6 cm³/mol. The van der Waals surface area contributed by atoms with Crippen molar-refractivity contribution in [2.45, 2.75) is 36.5 Å². The van der Waals surface area contributed by atoms with Crippen LogP contribution in [0.25, 0.3) is 0 Å². The molecule has 0 radical (unpaired) electrons. The fraction of sp³-hybridized carbons (Fsp3) is 0.529. The summed E-state index contributed by atoms with van der Waals surface area (Å²) in [6, 6.07) is 4.84. The number of carbonyl (C=O) groups is 2. The van der Waals surface area contributed by atoms with Gasteiger partial charge in [0.05, 0.1) is 7.11 Å². The molecule has 4 nitrogen and oxygen atoms in total. The molecule has 1 amide bonds. The summed E-state index contributed by atoms with van der Waals surface area (Å²) in [5.74, 6) is -0.865. The van der Waals surface area contributed by atoms with Crippen molar-refractivity contribution in [3.8, 4) is 0 Å². The van der Waals surface area contributed by atoms with E-state index in [2.05, 4.69) is 4.74 Å². The van der Waals surface area contributed by atoms with Gasteiger partial charge in [-0.05, 0) is 36.5 Å². The van der Waals surface area contributed by atoms with Crippen LogP contribution >= 0.6 is 0 Å². The van der Waals surface area contributed by atoms with Crippen LogP contribution in [0, 0.1) is 0 Å². The van der Waals surface area contributed by atoms with E-state index in [0.29, 0.717) is 36.0 Å². The summed E-state index contributed by atoms with van der Waals surface area (Å²) in [6.07, 6.45) is 0.174. The summed E-state index contributed by atoms with van der Waals surface area (Å²) < 4.78 is 33.1. The highest BCUT2D eigenvalue weighted by atomic mass is 19.1. The van der Waals surface area contributed by atoms with E-state index in [-0.39, 0.29) is 19.0 Å². The topological polar surface area (TPSA) is 46.6 Å². The third-order valence-corrected chi connectivity index (χ3v) is 5.28. The molecule has 6 heteroatoms. The van der Waals surface area contributed by atoms with Crippen LogP contribution in [0.5, 0.6) is 0 Å². The number of alkyl halides is 2. The number of hydrogen-bond acceptors (Lipinski definition) is 3. The van der Waals surface area contributed by atoms with Gasteiger partial charge < -0.3 is 9.64 Å². The Morgan fingerprint density at radius 2 is 2.13 bits per heavy atom. The van der Waals surface area contributed by atoms with Crippen molar-refractivity contribution in [2.75, 3.05) is 20.2 Å². The van der Waals surface area contributed by atoms with E-state index < -0.39 is 23.2 Å². The van der Waals surface area contributed by atoms with Gasteiger partial charge in [-0.3, -0.25) is 9.59 Å². The van der Waals surface area contributed by atoms with E-state index in [4.69, 9.17) is 0 Å². The number of ether oxygens (including phenoxy) is 1. The van der Waals surface area contributed by atoms with Crippen LogP contribution in [-0.2, 0) is 20.6 Å². The lowest BCUT2D eigenvalue weighted by molar-refractivity contribution is -0.141. The van der Waals surface area contributed by atoms with E-state index in [1.807, 2.05) is 0 Å². The lowest BCUT2D eigenvalue weighted by Gasteiger charge is -2.34. The predicted octanol–water partition coefficient (Wildman–Crippen LogP) is 2.25. The number of fused-ring (bicyclic) bond motifs is 2. The van der Waals surface area contributed by atoms with Gasteiger partial charge in [-0.1, -0.05) is 12.1 Å². The van der Waals surface area contributed by atoms with Crippen molar-refractivity contribution in [2.24, 2.45) is 0 Å². The smallest absolute Gasteiger partial charge is 0.325 e. The van der Waals surface area contributed by atoms with Crippen LogP contribution in [-0.4, -0.2) is 43.1 Å². The van der Waals surface area contributed by atoms with Gasteiger partial charge in [-0.2, -0.15) is 0 Å². The molecular formula is C17H17F2NO3. The van der Waals surface area contributed by atoms with E-state index in [0.717, 1.165) is 0 Å². The highest BCUT2D eigenvalue weighted by Crippen LogP contribution is 2.56. The standard InChI is InChI=1S/C17H17F2NO3/c1-23-14(21)8-20-9-16(7-13(16)18)12-6-10(17(19)4-5-17)2-3-11(12)15(20)22/h2-3,6,13H,4-5,7-9H2,1H3. The zero-order chi connectivity index (χ0) is 16.4. The number of methoxy groups -OCH3 is 1. The first-order valence-corrected chi connectivity index (χ1v) is 7.74. The molecule has 2 saturated carbocycles. The first-order chi connectivity index (χ1) is 10.9. The van der Waals surface area contributed by atoms with Crippen LogP contribution < -0.4 is 0 Å². The third-order valence-electron chi connectivity index (χ3n) is 5.28. The maximum atomic E-state index is 14.3. The van der Waals surface area contributed by atoms with Gasteiger partial charge in [0.2, 0.25) is 0 Å². The normalized spacial score (nSPS) is 30.1. The molecule has 2 fully saturated rings. The van der Waals surface area contributed by atoms with Crippen LogP contribution in [0.15, 0.2) is 18.2 Å². The van der Waals surface area contributed by atoms with Gasteiger partial charge in [0.15, 0.2) is 0 Å². The second-order valence-corrected chi connectivity index (χ2v) is 6.79. The minimum Gasteiger partial charge on any atom is -0.468 e. The molecule has 0 bridgehead atoms. The van der Waals surface area contributed by atoms with Crippen molar-refractivity contribution in [1.29, 1.82) is 0 Å². The lowest BCUT2D eigenvalue weighted by atomic mass is 9.84. The fourth-order valence-corrected chi connectivity index (χ4v) is 3.54. The number of hydrogen-bond donors (Lipinski definition) is 0. The maximum absolute atomic E-state index is 14.3. The second-order valence-electron chi connectivity index (χ2n) is 6.79. The van der Waals surface area contributed by atoms with E-state index in [1.54, 1.807) is 18.2 Å². The Morgan fingerprint density at radius 1 is 1.43 bits per heavy atom.